The molecule has 0 unspecified atom stereocenters. The van der Waals surface area contributed by atoms with Crippen LogP contribution < -0.4 is 10.1 Å². The van der Waals surface area contributed by atoms with Crippen LogP contribution in [0.15, 0.2) is 53.7 Å². The van der Waals surface area contributed by atoms with E-state index in [0.29, 0.717) is 18.1 Å². The maximum atomic E-state index is 12.9. The van der Waals surface area contributed by atoms with Gasteiger partial charge in [0.05, 0.1) is 12.4 Å². The van der Waals surface area contributed by atoms with Gasteiger partial charge in [-0.1, -0.05) is 23.9 Å². The van der Waals surface area contributed by atoms with E-state index in [1.54, 1.807) is 19.2 Å². The highest BCUT2D eigenvalue weighted by Gasteiger charge is 2.19. The summed E-state index contributed by atoms with van der Waals surface area (Å²) in [5.41, 5.74) is 1.90. The lowest BCUT2D eigenvalue weighted by Crippen LogP contribution is -2.32. The molecule has 0 fully saturated rings. The van der Waals surface area contributed by atoms with Crippen LogP contribution in [0.1, 0.15) is 12.5 Å². The Labute approximate surface area is 173 Å². The predicted octanol–water partition coefficient (Wildman–Crippen LogP) is 3.47. The minimum atomic E-state index is -0.324. The lowest BCUT2D eigenvalue weighted by atomic mass is 10.1. The van der Waals surface area contributed by atoms with Crippen LogP contribution in [0.5, 0.6) is 5.75 Å². The van der Waals surface area contributed by atoms with Crippen LogP contribution in [0, 0.1) is 5.82 Å². The Balaban J connectivity index is 1.55. The molecule has 2 aromatic carbocycles. The molecule has 3 rings (SSSR count). The van der Waals surface area contributed by atoms with E-state index in [4.69, 9.17) is 4.74 Å². The molecule has 1 N–H and O–H groups in total. The average Bonchev–Trinajstić information content (AvgIpc) is 3.09. The molecule has 1 amide bonds. The SMILES string of the molecule is COc1ccc(-c2nnc(S[C@H](C)C(=O)NCCc3ccc(F)cc3)n2C)cc1. The van der Waals surface area contributed by atoms with E-state index in [1.165, 1.54) is 23.9 Å². The van der Waals surface area contributed by atoms with Crippen molar-refractivity contribution in [2.45, 2.75) is 23.8 Å². The molecule has 0 radical (unpaired) electrons. The zero-order valence-electron chi connectivity index (χ0n) is 16.6. The number of aromatic nitrogens is 3. The number of halogens is 1. The molecule has 0 aliphatic rings. The van der Waals surface area contributed by atoms with Gasteiger partial charge in [0.25, 0.3) is 0 Å². The number of thioether (sulfide) groups is 1. The van der Waals surface area contributed by atoms with Crippen LogP contribution in [0.3, 0.4) is 0 Å². The summed E-state index contributed by atoms with van der Waals surface area (Å²) in [6.45, 7) is 2.32. The highest BCUT2D eigenvalue weighted by molar-refractivity contribution is 8.00. The number of methoxy groups -OCH3 is 1. The normalized spacial score (nSPS) is 11.9. The lowest BCUT2D eigenvalue weighted by Gasteiger charge is -2.12. The van der Waals surface area contributed by atoms with E-state index in [-0.39, 0.29) is 17.0 Å². The van der Waals surface area contributed by atoms with Crippen LogP contribution in [0.2, 0.25) is 0 Å². The second kappa shape index (κ2) is 9.56. The number of ether oxygens (including phenoxy) is 1. The quantitative estimate of drug-likeness (QED) is 0.572. The first-order valence-electron chi connectivity index (χ1n) is 9.20. The molecule has 0 aliphatic carbocycles. The Bertz CT molecular complexity index is 958. The van der Waals surface area contributed by atoms with Gasteiger partial charge < -0.3 is 14.6 Å². The summed E-state index contributed by atoms with van der Waals surface area (Å²) in [5.74, 6) is 1.15. The Morgan fingerprint density at radius 3 is 2.52 bits per heavy atom. The third-order valence-corrected chi connectivity index (χ3v) is 5.59. The van der Waals surface area contributed by atoms with Crippen molar-refractivity contribution in [2.24, 2.45) is 7.05 Å². The Hall–Kier alpha value is -2.87. The number of benzene rings is 2. The first-order valence-corrected chi connectivity index (χ1v) is 10.1. The molecule has 0 bridgehead atoms. The predicted molar refractivity (Wildman–Crippen MR) is 111 cm³/mol. The molecule has 8 heteroatoms. The van der Waals surface area contributed by atoms with Crippen molar-refractivity contribution in [3.05, 3.63) is 59.9 Å². The summed E-state index contributed by atoms with van der Waals surface area (Å²) in [6, 6.07) is 13.9. The van der Waals surface area contributed by atoms with Crippen molar-refractivity contribution in [3.8, 4) is 17.1 Å². The van der Waals surface area contributed by atoms with Gasteiger partial charge in [-0.3, -0.25) is 4.79 Å². The Morgan fingerprint density at radius 2 is 1.86 bits per heavy atom. The summed E-state index contributed by atoms with van der Waals surface area (Å²) in [5, 5.41) is 11.7. The molecule has 0 aliphatic heterocycles. The molecule has 0 spiro atoms. The third kappa shape index (κ3) is 5.35. The Kier molecular flexibility index (Phi) is 6.87. The molecule has 6 nitrogen and oxygen atoms in total. The fourth-order valence-corrected chi connectivity index (χ4v) is 3.58. The second-order valence-electron chi connectivity index (χ2n) is 6.52. The summed E-state index contributed by atoms with van der Waals surface area (Å²) in [4.78, 5) is 12.4. The van der Waals surface area contributed by atoms with Crippen LogP contribution in [0.25, 0.3) is 11.4 Å². The Morgan fingerprint density at radius 1 is 1.17 bits per heavy atom. The van der Waals surface area contributed by atoms with Crippen LogP contribution in [0.4, 0.5) is 4.39 Å². The van der Waals surface area contributed by atoms with Gasteiger partial charge in [-0.2, -0.15) is 0 Å². The van der Waals surface area contributed by atoms with Crippen molar-refractivity contribution in [3.63, 3.8) is 0 Å². The van der Waals surface area contributed by atoms with E-state index in [9.17, 15) is 9.18 Å². The fraction of sp³-hybridized carbons (Fsp3) is 0.286. The molecule has 1 heterocycles. The molecular weight excluding hydrogens is 391 g/mol. The number of carbonyl (C=O) groups excluding carboxylic acids is 1. The van der Waals surface area contributed by atoms with E-state index in [1.807, 2.05) is 42.8 Å². The van der Waals surface area contributed by atoms with Crippen molar-refractivity contribution < 1.29 is 13.9 Å². The smallest absolute Gasteiger partial charge is 0.233 e. The number of rotatable bonds is 8. The average molecular weight is 415 g/mol. The first kappa shape index (κ1) is 20.9. The summed E-state index contributed by atoms with van der Waals surface area (Å²) >= 11 is 1.35. The van der Waals surface area contributed by atoms with Crippen molar-refractivity contribution in [2.75, 3.05) is 13.7 Å². The highest BCUT2D eigenvalue weighted by atomic mass is 32.2. The van der Waals surface area contributed by atoms with Crippen LogP contribution in [-0.4, -0.2) is 39.6 Å². The molecular formula is C21H23FN4O2S. The largest absolute Gasteiger partial charge is 0.497 e. The van der Waals surface area contributed by atoms with E-state index >= 15 is 0 Å². The first-order chi connectivity index (χ1) is 14.0. The van der Waals surface area contributed by atoms with Crippen LogP contribution in [-0.2, 0) is 18.3 Å². The third-order valence-electron chi connectivity index (χ3n) is 4.46. The molecule has 1 atom stereocenters. The number of hydrogen-bond donors (Lipinski definition) is 1. The minimum absolute atomic E-state index is 0.0777. The summed E-state index contributed by atoms with van der Waals surface area (Å²) in [7, 11) is 3.50. The molecule has 29 heavy (non-hydrogen) atoms. The minimum Gasteiger partial charge on any atom is -0.497 e. The van der Waals surface area contributed by atoms with Gasteiger partial charge in [0.2, 0.25) is 5.91 Å². The van der Waals surface area contributed by atoms with E-state index in [0.717, 1.165) is 22.7 Å². The van der Waals surface area contributed by atoms with Crippen molar-refractivity contribution in [1.82, 2.24) is 20.1 Å². The van der Waals surface area contributed by atoms with Crippen molar-refractivity contribution >= 4 is 17.7 Å². The lowest BCUT2D eigenvalue weighted by molar-refractivity contribution is -0.120. The highest BCUT2D eigenvalue weighted by Crippen LogP contribution is 2.26. The molecule has 0 saturated carbocycles. The van der Waals surface area contributed by atoms with Crippen molar-refractivity contribution in [1.29, 1.82) is 0 Å². The van der Waals surface area contributed by atoms with Gasteiger partial charge in [0.15, 0.2) is 11.0 Å². The summed E-state index contributed by atoms with van der Waals surface area (Å²) < 4.78 is 20.0. The van der Waals surface area contributed by atoms with Crippen LogP contribution >= 0.6 is 11.8 Å². The summed E-state index contributed by atoms with van der Waals surface area (Å²) in [6.07, 6.45) is 0.648. The van der Waals surface area contributed by atoms with Gasteiger partial charge in [-0.05, 0) is 55.3 Å². The maximum Gasteiger partial charge on any atom is 0.233 e. The zero-order valence-corrected chi connectivity index (χ0v) is 17.4. The number of amides is 1. The zero-order chi connectivity index (χ0) is 20.8. The number of nitrogens with one attached hydrogen (secondary N) is 1. The van der Waals surface area contributed by atoms with Gasteiger partial charge in [0.1, 0.15) is 11.6 Å². The standard InChI is InChI=1S/C21H23FN4O2S/c1-14(20(27)23-13-12-15-4-8-17(22)9-5-15)29-21-25-24-19(26(21)2)16-6-10-18(28-3)11-7-16/h4-11,14H,12-13H2,1-3H3,(H,23,27)/t14-/m1/s1. The topological polar surface area (TPSA) is 69.0 Å². The second-order valence-corrected chi connectivity index (χ2v) is 7.83. The van der Waals surface area contributed by atoms with E-state index < -0.39 is 0 Å². The van der Waals surface area contributed by atoms with Gasteiger partial charge in [-0.15, -0.1) is 10.2 Å². The van der Waals surface area contributed by atoms with E-state index in [2.05, 4.69) is 15.5 Å². The van der Waals surface area contributed by atoms with Gasteiger partial charge in [-0.25, -0.2) is 4.39 Å². The molecule has 152 valence electrons. The molecule has 1 aromatic heterocycles. The monoisotopic (exact) mass is 414 g/mol. The molecule has 3 aromatic rings. The van der Waals surface area contributed by atoms with Gasteiger partial charge >= 0.3 is 0 Å². The maximum absolute atomic E-state index is 12.9. The number of carbonyl (C=O) groups is 1. The number of hydrogen-bond acceptors (Lipinski definition) is 5. The number of nitrogens with zero attached hydrogens (tertiary/aromatic N) is 3. The van der Waals surface area contributed by atoms with Gasteiger partial charge in [0, 0.05) is 19.2 Å². The molecule has 0 saturated heterocycles. The fourth-order valence-electron chi connectivity index (χ4n) is 2.75.